The van der Waals surface area contributed by atoms with E-state index in [1.807, 2.05) is 10.9 Å². The van der Waals surface area contributed by atoms with E-state index in [0.717, 1.165) is 24.0 Å². The van der Waals surface area contributed by atoms with Crippen molar-refractivity contribution in [2.75, 3.05) is 0 Å². The lowest BCUT2D eigenvalue weighted by Crippen LogP contribution is -2.52. The summed E-state index contributed by atoms with van der Waals surface area (Å²) in [6, 6.07) is 0. The van der Waals surface area contributed by atoms with Gasteiger partial charge in [0.25, 0.3) is 0 Å². The summed E-state index contributed by atoms with van der Waals surface area (Å²) in [6.45, 7) is 0. The van der Waals surface area contributed by atoms with Gasteiger partial charge in [-0.15, -0.1) is 5.10 Å². The Morgan fingerprint density at radius 2 is 1.76 bits per heavy atom. The summed E-state index contributed by atoms with van der Waals surface area (Å²) in [5.41, 5.74) is 0.670. The number of nitrogens with zero attached hydrogens (tertiary/aromatic N) is 3. The van der Waals surface area contributed by atoms with Gasteiger partial charge in [0.1, 0.15) is 5.69 Å². The van der Waals surface area contributed by atoms with Crippen LogP contribution in [0.1, 0.15) is 49.0 Å². The predicted molar refractivity (Wildman–Crippen MR) is 61.6 cm³/mol. The number of rotatable bonds is 2. The highest BCUT2D eigenvalue weighted by molar-refractivity contribution is 5.70. The molecule has 4 aliphatic rings. The first-order chi connectivity index (χ1) is 8.27. The Morgan fingerprint density at radius 3 is 2.24 bits per heavy atom. The molecule has 1 heterocycles. The van der Waals surface area contributed by atoms with E-state index in [1.165, 1.54) is 38.5 Å². The van der Waals surface area contributed by atoms with Gasteiger partial charge in [0.05, 0.1) is 11.7 Å². The molecule has 5 rings (SSSR count). The molecule has 17 heavy (non-hydrogen) atoms. The lowest BCUT2D eigenvalue weighted by molar-refractivity contribution is -0.0502. The van der Waals surface area contributed by atoms with Crippen LogP contribution >= 0.6 is 0 Å². The van der Waals surface area contributed by atoms with Crippen LogP contribution in [0, 0.1) is 17.8 Å². The second-order valence-corrected chi connectivity index (χ2v) is 6.35. The summed E-state index contributed by atoms with van der Waals surface area (Å²) < 4.78 is 2.02. The first-order valence-corrected chi connectivity index (χ1v) is 6.65. The number of carbonyl (C=O) groups excluding carboxylic acids is 1. The van der Waals surface area contributed by atoms with Gasteiger partial charge in [0.15, 0.2) is 6.29 Å². The standard InChI is InChI=1S/C13H17N3O/c17-8-12-7-16(15-14-12)13-4-9-1-10(5-13)3-11(2-9)6-13/h7-11H,1-6H2. The van der Waals surface area contributed by atoms with Crippen LogP contribution in [0.25, 0.3) is 0 Å². The Morgan fingerprint density at radius 1 is 1.18 bits per heavy atom. The molecule has 0 radical (unpaired) electrons. The Balaban J connectivity index is 1.74. The second-order valence-electron chi connectivity index (χ2n) is 6.35. The van der Waals surface area contributed by atoms with E-state index in [0.29, 0.717) is 5.69 Å². The molecule has 4 bridgehead atoms. The van der Waals surface area contributed by atoms with Crippen molar-refractivity contribution in [1.82, 2.24) is 15.0 Å². The lowest BCUT2D eigenvalue weighted by Gasteiger charge is -2.56. The Kier molecular flexibility index (Phi) is 1.83. The number of hydrogen-bond acceptors (Lipinski definition) is 3. The van der Waals surface area contributed by atoms with Crippen LogP contribution in [0.15, 0.2) is 6.20 Å². The molecule has 0 spiro atoms. The van der Waals surface area contributed by atoms with Crippen LogP contribution < -0.4 is 0 Å². The van der Waals surface area contributed by atoms with E-state index in [-0.39, 0.29) is 5.54 Å². The third kappa shape index (κ3) is 1.33. The van der Waals surface area contributed by atoms with Crippen LogP contribution in [0.4, 0.5) is 0 Å². The van der Waals surface area contributed by atoms with E-state index >= 15 is 0 Å². The smallest absolute Gasteiger partial charge is 0.171 e. The van der Waals surface area contributed by atoms with Crippen molar-refractivity contribution in [3.8, 4) is 0 Å². The van der Waals surface area contributed by atoms with Gasteiger partial charge in [-0.05, 0) is 56.3 Å². The van der Waals surface area contributed by atoms with Crippen molar-refractivity contribution in [3.63, 3.8) is 0 Å². The average molecular weight is 231 g/mol. The van der Waals surface area contributed by atoms with Crippen molar-refractivity contribution in [2.24, 2.45) is 17.8 Å². The van der Waals surface area contributed by atoms with Crippen molar-refractivity contribution in [3.05, 3.63) is 11.9 Å². The zero-order valence-electron chi connectivity index (χ0n) is 9.88. The number of hydrogen-bond donors (Lipinski definition) is 0. The van der Waals surface area contributed by atoms with E-state index in [1.54, 1.807) is 0 Å². The molecule has 4 fully saturated rings. The Labute approximate surface area is 100 Å². The zero-order valence-corrected chi connectivity index (χ0v) is 9.88. The van der Waals surface area contributed by atoms with E-state index in [4.69, 9.17) is 0 Å². The maximum absolute atomic E-state index is 10.7. The van der Waals surface area contributed by atoms with E-state index in [2.05, 4.69) is 10.3 Å². The molecule has 0 atom stereocenters. The highest BCUT2D eigenvalue weighted by Crippen LogP contribution is 2.58. The van der Waals surface area contributed by atoms with Gasteiger partial charge < -0.3 is 0 Å². The molecule has 1 aromatic heterocycles. The van der Waals surface area contributed by atoms with Crippen LogP contribution in [0.2, 0.25) is 0 Å². The summed E-state index contributed by atoms with van der Waals surface area (Å²) in [5.74, 6) is 2.68. The molecule has 4 aliphatic carbocycles. The van der Waals surface area contributed by atoms with E-state index in [9.17, 15) is 4.79 Å². The monoisotopic (exact) mass is 231 g/mol. The molecular weight excluding hydrogens is 214 g/mol. The summed E-state index contributed by atoms with van der Waals surface area (Å²) in [6.07, 6.45) is 10.7. The first-order valence-electron chi connectivity index (χ1n) is 6.65. The summed E-state index contributed by atoms with van der Waals surface area (Å²) in [7, 11) is 0. The minimum atomic E-state index is 0.197. The quantitative estimate of drug-likeness (QED) is 0.731. The van der Waals surface area contributed by atoms with Gasteiger partial charge in [0, 0.05) is 0 Å². The van der Waals surface area contributed by atoms with Gasteiger partial charge in [-0.1, -0.05) is 5.21 Å². The molecule has 0 N–H and O–H groups in total. The SMILES string of the molecule is O=Cc1cn(C23CC4CC(CC(C4)C2)C3)nn1. The van der Waals surface area contributed by atoms with Crippen molar-refractivity contribution in [1.29, 1.82) is 0 Å². The van der Waals surface area contributed by atoms with Gasteiger partial charge in [-0.3, -0.25) is 4.79 Å². The summed E-state index contributed by atoms with van der Waals surface area (Å²) in [4.78, 5) is 10.7. The fraction of sp³-hybridized carbons (Fsp3) is 0.769. The Bertz CT molecular complexity index is 430. The van der Waals surface area contributed by atoms with Crippen LogP contribution in [0.5, 0.6) is 0 Å². The molecule has 90 valence electrons. The molecule has 0 unspecified atom stereocenters. The maximum Gasteiger partial charge on any atom is 0.171 e. The van der Waals surface area contributed by atoms with Crippen LogP contribution in [0.3, 0.4) is 0 Å². The Hall–Kier alpha value is -1.19. The van der Waals surface area contributed by atoms with Gasteiger partial charge in [-0.25, -0.2) is 4.68 Å². The summed E-state index contributed by atoms with van der Waals surface area (Å²) in [5, 5.41) is 8.15. The number of carbonyl (C=O) groups is 1. The van der Waals surface area contributed by atoms with E-state index < -0.39 is 0 Å². The first kappa shape index (κ1) is 9.80. The molecule has 0 saturated heterocycles. The highest BCUT2D eigenvalue weighted by atomic mass is 16.1. The van der Waals surface area contributed by atoms with Gasteiger partial charge >= 0.3 is 0 Å². The zero-order chi connectivity index (χ0) is 11.5. The van der Waals surface area contributed by atoms with Gasteiger partial charge in [-0.2, -0.15) is 0 Å². The largest absolute Gasteiger partial charge is 0.296 e. The number of aldehydes is 1. The lowest BCUT2D eigenvalue weighted by atomic mass is 9.53. The highest BCUT2D eigenvalue weighted by Gasteiger charge is 2.52. The van der Waals surface area contributed by atoms with Crippen molar-refractivity contribution < 1.29 is 4.79 Å². The minimum Gasteiger partial charge on any atom is -0.296 e. The third-order valence-electron chi connectivity index (χ3n) is 5.12. The molecule has 4 saturated carbocycles. The van der Waals surface area contributed by atoms with Gasteiger partial charge in [0.2, 0.25) is 0 Å². The summed E-state index contributed by atoms with van der Waals surface area (Å²) >= 11 is 0. The number of aromatic nitrogens is 3. The van der Waals surface area contributed by atoms with Crippen LogP contribution in [-0.2, 0) is 5.54 Å². The fourth-order valence-electron chi connectivity index (χ4n) is 4.91. The molecule has 0 aromatic carbocycles. The second kappa shape index (κ2) is 3.18. The topological polar surface area (TPSA) is 47.8 Å². The molecular formula is C13H17N3O. The maximum atomic E-state index is 10.7. The molecule has 0 aliphatic heterocycles. The fourth-order valence-corrected chi connectivity index (χ4v) is 4.91. The molecule has 4 nitrogen and oxygen atoms in total. The predicted octanol–water partition coefficient (Wildman–Crippen LogP) is 2.02. The molecule has 0 amide bonds. The normalized spacial score (nSPS) is 42.9. The van der Waals surface area contributed by atoms with Crippen LogP contribution in [-0.4, -0.2) is 21.3 Å². The molecule has 4 heteroatoms. The average Bonchev–Trinajstić information content (AvgIpc) is 2.76. The van der Waals surface area contributed by atoms with Crippen molar-refractivity contribution in [2.45, 2.75) is 44.1 Å². The minimum absolute atomic E-state index is 0.197. The molecule has 1 aromatic rings. The third-order valence-corrected chi connectivity index (χ3v) is 5.12. The van der Waals surface area contributed by atoms with Crippen molar-refractivity contribution >= 4 is 6.29 Å².